The number of imide groups is 1. The number of carbonyl (C=O) groups is 2. The molecule has 0 aliphatic carbocycles. The van der Waals surface area contributed by atoms with Crippen molar-refractivity contribution in [1.82, 2.24) is 20.0 Å². The maximum atomic E-state index is 11.7. The molecule has 2 rings (SSSR count). The van der Waals surface area contributed by atoms with E-state index >= 15 is 0 Å². The molecule has 1 N–H and O–H groups in total. The number of hydrogen-bond donors (Lipinski definition) is 1. The van der Waals surface area contributed by atoms with Crippen molar-refractivity contribution >= 4 is 11.9 Å². The molecule has 0 unspecified atom stereocenters. The Hall–Kier alpha value is -1.85. The number of nitrogens with zero attached hydrogens (tertiary/aromatic N) is 3. The van der Waals surface area contributed by atoms with E-state index < -0.39 is 5.54 Å². The minimum Gasteiger partial charge on any atom is -0.304 e. The van der Waals surface area contributed by atoms with Crippen LogP contribution in [-0.2, 0) is 11.3 Å². The first-order valence-electron chi connectivity index (χ1n) is 5.99. The van der Waals surface area contributed by atoms with Crippen molar-refractivity contribution in [2.45, 2.75) is 45.8 Å². The molecule has 0 spiro atoms. The Morgan fingerprint density at radius 3 is 2.50 bits per heavy atom. The van der Waals surface area contributed by atoms with Gasteiger partial charge in [0.05, 0.1) is 12.2 Å². The Kier molecular flexibility index (Phi) is 2.88. The van der Waals surface area contributed by atoms with Gasteiger partial charge in [0.2, 0.25) is 0 Å². The summed E-state index contributed by atoms with van der Waals surface area (Å²) in [6, 6.07) is 1.79. The van der Waals surface area contributed by atoms with E-state index in [-0.39, 0.29) is 18.0 Å². The first kappa shape index (κ1) is 12.6. The predicted molar refractivity (Wildman–Crippen MR) is 65.8 cm³/mol. The van der Waals surface area contributed by atoms with Gasteiger partial charge in [-0.25, -0.2) is 4.79 Å². The lowest BCUT2D eigenvalue weighted by molar-refractivity contribution is -0.125. The van der Waals surface area contributed by atoms with Gasteiger partial charge in [0.25, 0.3) is 5.91 Å². The van der Waals surface area contributed by atoms with E-state index in [1.54, 1.807) is 13.8 Å². The zero-order valence-electron chi connectivity index (χ0n) is 11.1. The summed E-state index contributed by atoms with van der Waals surface area (Å²) in [5.74, 6) is -0.268. The number of amides is 3. The number of urea groups is 1. The van der Waals surface area contributed by atoms with Gasteiger partial charge in [-0.2, -0.15) is 5.10 Å². The number of nitrogens with one attached hydrogen (secondary N) is 1. The molecule has 1 aliphatic heterocycles. The molecule has 1 fully saturated rings. The Labute approximate surface area is 106 Å². The van der Waals surface area contributed by atoms with Gasteiger partial charge in [0.1, 0.15) is 5.54 Å². The first-order chi connectivity index (χ1) is 8.32. The van der Waals surface area contributed by atoms with E-state index in [0.29, 0.717) is 6.54 Å². The SMILES string of the molecule is CC(C)n1ccc(CN2C(=O)NC(=O)C2(C)C)n1. The lowest BCUT2D eigenvalue weighted by Crippen LogP contribution is -2.43. The van der Waals surface area contributed by atoms with E-state index in [0.717, 1.165) is 5.69 Å². The number of carbonyl (C=O) groups excluding carboxylic acids is 2. The standard InChI is InChI=1S/C12H18N4O2/c1-8(2)16-6-5-9(14-16)7-15-11(18)13-10(17)12(15,3)4/h5-6,8H,7H2,1-4H3,(H,13,17,18). The van der Waals surface area contributed by atoms with E-state index in [4.69, 9.17) is 0 Å². The summed E-state index contributed by atoms with van der Waals surface area (Å²) < 4.78 is 1.83. The number of rotatable bonds is 3. The molecule has 1 aromatic rings. The highest BCUT2D eigenvalue weighted by atomic mass is 16.2. The van der Waals surface area contributed by atoms with Gasteiger partial charge in [-0.15, -0.1) is 0 Å². The summed E-state index contributed by atoms with van der Waals surface area (Å²) in [5, 5.41) is 6.70. The van der Waals surface area contributed by atoms with Gasteiger partial charge < -0.3 is 4.90 Å². The monoisotopic (exact) mass is 250 g/mol. The topological polar surface area (TPSA) is 67.2 Å². The third-order valence-corrected chi connectivity index (χ3v) is 3.21. The van der Waals surface area contributed by atoms with Crippen molar-refractivity contribution < 1.29 is 9.59 Å². The minimum atomic E-state index is -0.821. The van der Waals surface area contributed by atoms with Crippen molar-refractivity contribution in [3.63, 3.8) is 0 Å². The van der Waals surface area contributed by atoms with Gasteiger partial charge in [-0.1, -0.05) is 0 Å². The van der Waals surface area contributed by atoms with Gasteiger partial charge >= 0.3 is 6.03 Å². The summed E-state index contributed by atoms with van der Waals surface area (Å²) >= 11 is 0. The van der Waals surface area contributed by atoms with Crippen LogP contribution in [0.2, 0.25) is 0 Å². The van der Waals surface area contributed by atoms with Crippen molar-refractivity contribution in [3.8, 4) is 0 Å². The van der Waals surface area contributed by atoms with Crippen LogP contribution in [-0.4, -0.2) is 32.2 Å². The smallest absolute Gasteiger partial charge is 0.304 e. The molecule has 1 saturated heterocycles. The second kappa shape index (κ2) is 4.12. The van der Waals surface area contributed by atoms with Gasteiger partial charge in [-0.05, 0) is 33.8 Å². The van der Waals surface area contributed by atoms with Crippen molar-refractivity contribution in [2.75, 3.05) is 0 Å². The normalized spacial score (nSPS) is 18.6. The van der Waals surface area contributed by atoms with Crippen LogP contribution >= 0.6 is 0 Å². The molecule has 1 aromatic heterocycles. The minimum absolute atomic E-state index is 0.268. The van der Waals surface area contributed by atoms with Gasteiger partial charge in [0, 0.05) is 12.2 Å². The average Bonchev–Trinajstić information content (AvgIpc) is 2.79. The fourth-order valence-corrected chi connectivity index (χ4v) is 1.87. The van der Waals surface area contributed by atoms with Crippen LogP contribution in [0, 0.1) is 0 Å². The Morgan fingerprint density at radius 2 is 2.06 bits per heavy atom. The molecule has 6 nitrogen and oxygen atoms in total. The van der Waals surface area contributed by atoms with Crippen LogP contribution in [0.25, 0.3) is 0 Å². The lowest BCUT2D eigenvalue weighted by Gasteiger charge is -2.26. The zero-order chi connectivity index (χ0) is 13.5. The molecule has 98 valence electrons. The Morgan fingerprint density at radius 1 is 1.39 bits per heavy atom. The number of aromatic nitrogens is 2. The molecule has 0 aromatic carbocycles. The van der Waals surface area contributed by atoms with Crippen molar-refractivity contribution in [1.29, 1.82) is 0 Å². The van der Waals surface area contributed by atoms with E-state index in [2.05, 4.69) is 10.4 Å². The van der Waals surface area contributed by atoms with Crippen LogP contribution in [0.15, 0.2) is 12.3 Å². The third-order valence-electron chi connectivity index (χ3n) is 3.21. The molecule has 0 atom stereocenters. The summed E-state index contributed by atoms with van der Waals surface area (Å²) in [7, 11) is 0. The molecular formula is C12H18N4O2. The second-order valence-corrected chi connectivity index (χ2v) is 5.29. The van der Waals surface area contributed by atoms with E-state index in [9.17, 15) is 9.59 Å². The van der Waals surface area contributed by atoms with Crippen molar-refractivity contribution in [2.24, 2.45) is 0 Å². The van der Waals surface area contributed by atoms with Crippen molar-refractivity contribution in [3.05, 3.63) is 18.0 Å². The summed E-state index contributed by atoms with van der Waals surface area (Å²) in [6.45, 7) is 7.86. The largest absolute Gasteiger partial charge is 0.325 e. The molecule has 0 saturated carbocycles. The van der Waals surface area contributed by atoms with Gasteiger partial charge in [0.15, 0.2) is 0 Å². The van der Waals surface area contributed by atoms with Crippen LogP contribution in [0.4, 0.5) is 4.79 Å². The summed E-state index contributed by atoms with van der Waals surface area (Å²) in [5.41, 5.74) is -0.0415. The molecule has 3 amide bonds. The fraction of sp³-hybridized carbons (Fsp3) is 0.583. The average molecular weight is 250 g/mol. The first-order valence-corrected chi connectivity index (χ1v) is 5.99. The summed E-state index contributed by atoms with van der Waals surface area (Å²) in [6.07, 6.45) is 1.88. The number of hydrogen-bond acceptors (Lipinski definition) is 3. The maximum absolute atomic E-state index is 11.7. The zero-order valence-corrected chi connectivity index (χ0v) is 11.1. The fourth-order valence-electron chi connectivity index (χ4n) is 1.87. The molecule has 6 heteroatoms. The molecule has 1 aliphatic rings. The van der Waals surface area contributed by atoms with Crippen LogP contribution in [0.3, 0.4) is 0 Å². The lowest BCUT2D eigenvalue weighted by atomic mass is 10.0. The quantitative estimate of drug-likeness (QED) is 0.822. The highest BCUT2D eigenvalue weighted by Gasteiger charge is 2.45. The van der Waals surface area contributed by atoms with Crippen LogP contribution in [0.1, 0.15) is 39.4 Å². The highest BCUT2D eigenvalue weighted by Crippen LogP contribution is 2.23. The van der Waals surface area contributed by atoms with Crippen LogP contribution < -0.4 is 5.32 Å². The van der Waals surface area contributed by atoms with E-state index in [1.807, 2.05) is 30.8 Å². The predicted octanol–water partition coefficient (Wildman–Crippen LogP) is 1.29. The van der Waals surface area contributed by atoms with Crippen LogP contribution in [0.5, 0.6) is 0 Å². The molecule has 0 radical (unpaired) electrons. The third kappa shape index (κ3) is 1.98. The molecule has 2 heterocycles. The van der Waals surface area contributed by atoms with Gasteiger partial charge in [-0.3, -0.25) is 14.8 Å². The highest BCUT2D eigenvalue weighted by molar-refractivity contribution is 6.06. The summed E-state index contributed by atoms with van der Waals surface area (Å²) in [4.78, 5) is 24.8. The maximum Gasteiger partial charge on any atom is 0.325 e. The second-order valence-electron chi connectivity index (χ2n) is 5.29. The van der Waals surface area contributed by atoms with E-state index in [1.165, 1.54) is 4.90 Å². The molecule has 0 bridgehead atoms. The Balaban J connectivity index is 2.18. The molecular weight excluding hydrogens is 232 g/mol. The Bertz CT molecular complexity index is 490. The molecule has 18 heavy (non-hydrogen) atoms.